The number of aromatic nitrogens is 5. The van der Waals surface area contributed by atoms with Crippen molar-refractivity contribution < 1.29 is 33.1 Å². The molecule has 2 saturated heterocycles. The van der Waals surface area contributed by atoms with Gasteiger partial charge in [-0.05, 0) is 57.6 Å². The molecule has 0 unspecified atom stereocenters. The lowest BCUT2D eigenvalue weighted by atomic mass is 9.94. The number of nitrogens with one attached hydrogen (secondary N) is 4. The first-order valence-corrected chi connectivity index (χ1v) is 25.2. The number of thioether (sulfide) groups is 1. The van der Waals surface area contributed by atoms with Crippen molar-refractivity contribution in [3.8, 4) is 11.5 Å². The largest absolute Gasteiger partial charge is 0.494 e. The monoisotopic (exact) mass is 985 g/mol. The highest BCUT2D eigenvalue weighted by molar-refractivity contribution is 8.00. The van der Waals surface area contributed by atoms with Crippen molar-refractivity contribution in [2.45, 2.75) is 94.4 Å². The molecule has 0 atom stereocenters. The second kappa shape index (κ2) is 22.9. The van der Waals surface area contributed by atoms with Crippen molar-refractivity contribution >= 4 is 80.2 Å². The van der Waals surface area contributed by atoms with Crippen molar-refractivity contribution in [1.29, 1.82) is 0 Å². The SMILES string of the molecule is CNC(=O)COc1cc2cc(Nc3nc(N4CCC(C(=O)NCCCCCC(=O)N5CCC(C(=O)Nc6ncc(SCc7ncc(C(C)(C)C)o7)s6)CC5)CC4)ncc3C)cc(OC)c2n(C)c1=O. The number of carbonyl (C=O) groups is 4. The molecule has 2 fully saturated rings. The number of anilines is 4. The van der Waals surface area contributed by atoms with Gasteiger partial charge in [-0.2, -0.15) is 4.98 Å². The van der Waals surface area contributed by atoms with Gasteiger partial charge < -0.3 is 49.5 Å². The highest BCUT2D eigenvalue weighted by Gasteiger charge is 2.29. The summed E-state index contributed by atoms with van der Waals surface area (Å²) in [5.41, 5.74) is 1.56. The molecule has 5 aromatic rings. The van der Waals surface area contributed by atoms with Crippen LogP contribution in [0.4, 0.5) is 22.6 Å². The number of hydrogen-bond donors (Lipinski definition) is 4. The molecule has 2 aliphatic rings. The van der Waals surface area contributed by atoms with E-state index in [0.29, 0.717) is 116 Å². The standard InChI is InChI=1S/C48H63N11O8S2/c1-29-24-52-46(55-42(29)54-33-21-32-22-35(66-27-37(60)49-5)45(64)57(6)41(32)34(23-33)65-7)59-19-14-30(15-20-59)43(62)50-16-10-8-9-11-39(61)58-17-12-31(13-18-58)44(63)56-47-53-26-40(69-47)68-28-38-51-25-36(67-38)48(2,3)4/h21-26,30-31H,8-20,27-28H2,1-7H3,(H,49,60)(H,50,62)(H,52,54,55)(H,53,56,63). The van der Waals surface area contributed by atoms with Crippen molar-refractivity contribution in [3.05, 3.63) is 64.4 Å². The summed E-state index contributed by atoms with van der Waals surface area (Å²) in [4.78, 5) is 86.2. The first kappa shape index (κ1) is 50.7. The minimum Gasteiger partial charge on any atom is -0.494 e. The van der Waals surface area contributed by atoms with Crippen molar-refractivity contribution in [3.63, 3.8) is 0 Å². The number of piperidine rings is 2. The van der Waals surface area contributed by atoms with E-state index in [2.05, 4.69) is 61.9 Å². The van der Waals surface area contributed by atoms with Gasteiger partial charge in [0.25, 0.3) is 11.5 Å². The van der Waals surface area contributed by atoms with Gasteiger partial charge in [-0.3, -0.25) is 24.0 Å². The Labute approximate surface area is 409 Å². The maximum Gasteiger partial charge on any atom is 0.293 e. The van der Waals surface area contributed by atoms with E-state index < -0.39 is 5.56 Å². The molecule has 0 saturated carbocycles. The maximum atomic E-state index is 13.1. The number of aryl methyl sites for hydroxylation is 2. The van der Waals surface area contributed by atoms with Crippen molar-refractivity contribution in [1.82, 2.24) is 40.0 Å². The van der Waals surface area contributed by atoms with E-state index in [4.69, 9.17) is 18.9 Å². The van der Waals surface area contributed by atoms with Crippen LogP contribution in [0.25, 0.3) is 10.9 Å². The number of fused-ring (bicyclic) bond motifs is 1. The van der Waals surface area contributed by atoms with Crippen LogP contribution >= 0.6 is 23.1 Å². The molecular formula is C48H63N11O8S2. The zero-order valence-corrected chi connectivity index (χ0v) is 42.1. The average Bonchev–Trinajstić information content (AvgIpc) is 4.03. The average molecular weight is 986 g/mol. The minimum atomic E-state index is -0.397. The summed E-state index contributed by atoms with van der Waals surface area (Å²) in [6, 6.07) is 5.24. The quantitative estimate of drug-likeness (QED) is 0.0525. The Morgan fingerprint density at radius 3 is 2.36 bits per heavy atom. The predicted molar refractivity (Wildman–Crippen MR) is 267 cm³/mol. The summed E-state index contributed by atoms with van der Waals surface area (Å²) < 4.78 is 19.5. The first-order valence-electron chi connectivity index (χ1n) is 23.4. The molecule has 2 aliphatic heterocycles. The molecule has 0 radical (unpaired) electrons. The number of pyridine rings is 1. The molecule has 69 heavy (non-hydrogen) atoms. The Bertz CT molecular complexity index is 2680. The van der Waals surface area contributed by atoms with Gasteiger partial charge in [-0.1, -0.05) is 38.5 Å². The molecule has 0 aliphatic carbocycles. The zero-order chi connectivity index (χ0) is 49.2. The number of benzene rings is 1. The molecule has 4 aromatic heterocycles. The van der Waals surface area contributed by atoms with Gasteiger partial charge in [0.15, 0.2) is 17.5 Å². The number of oxazole rings is 1. The Balaban J connectivity index is 0.784. The summed E-state index contributed by atoms with van der Waals surface area (Å²) in [6.07, 6.45) is 10.7. The van der Waals surface area contributed by atoms with E-state index in [9.17, 15) is 24.0 Å². The van der Waals surface area contributed by atoms with E-state index in [1.165, 1.54) is 30.1 Å². The lowest BCUT2D eigenvalue weighted by Gasteiger charge is -2.31. The lowest BCUT2D eigenvalue weighted by molar-refractivity contribution is -0.134. The summed E-state index contributed by atoms with van der Waals surface area (Å²) in [5, 5.41) is 13.2. The number of likely N-dealkylation sites (tertiary alicyclic amines) is 1. The molecule has 0 bridgehead atoms. The number of methoxy groups -OCH3 is 1. The molecular weight excluding hydrogens is 923 g/mol. The van der Waals surface area contributed by atoms with Crippen LogP contribution in [0.3, 0.4) is 0 Å². The normalized spacial score (nSPS) is 14.7. The number of rotatable bonds is 19. The lowest BCUT2D eigenvalue weighted by Crippen LogP contribution is -2.41. The fourth-order valence-electron chi connectivity index (χ4n) is 8.24. The van der Waals surface area contributed by atoms with Crippen LogP contribution in [0.2, 0.25) is 0 Å². The van der Waals surface area contributed by atoms with E-state index in [-0.39, 0.29) is 53.2 Å². The van der Waals surface area contributed by atoms with E-state index >= 15 is 0 Å². The number of nitrogens with zero attached hydrogens (tertiary/aromatic N) is 7. The fourth-order valence-corrected chi connectivity index (χ4v) is 9.96. The third-order valence-electron chi connectivity index (χ3n) is 12.4. The highest BCUT2D eigenvalue weighted by Crippen LogP contribution is 2.35. The number of unbranched alkanes of at least 4 members (excludes halogenated alkanes) is 2. The van der Waals surface area contributed by atoms with Crippen LogP contribution in [-0.2, 0) is 37.4 Å². The number of thiazole rings is 1. The Hall–Kier alpha value is -6.22. The molecule has 4 N–H and O–H groups in total. The van der Waals surface area contributed by atoms with E-state index in [1.807, 2.05) is 17.9 Å². The second-order valence-electron chi connectivity index (χ2n) is 18.4. The van der Waals surface area contributed by atoms with Crippen LogP contribution in [0.1, 0.15) is 89.4 Å². The van der Waals surface area contributed by atoms with Gasteiger partial charge in [0.05, 0.1) is 35.0 Å². The van der Waals surface area contributed by atoms with E-state index in [1.54, 1.807) is 49.5 Å². The summed E-state index contributed by atoms with van der Waals surface area (Å²) in [7, 11) is 4.65. The third kappa shape index (κ3) is 13.1. The van der Waals surface area contributed by atoms with Gasteiger partial charge in [-0.25, -0.2) is 15.0 Å². The van der Waals surface area contributed by atoms with Crippen molar-refractivity contribution in [2.24, 2.45) is 18.9 Å². The Kier molecular flexibility index (Phi) is 16.8. The molecule has 7 rings (SSSR count). The maximum absolute atomic E-state index is 13.1. The smallest absolute Gasteiger partial charge is 0.293 e. The molecule has 19 nitrogen and oxygen atoms in total. The molecule has 6 heterocycles. The number of likely N-dealkylation sites (N-methyl/N-ethyl adjacent to an activating group) is 1. The molecule has 4 amide bonds. The second-order valence-corrected chi connectivity index (χ2v) is 20.7. The number of ether oxygens (including phenoxy) is 2. The predicted octanol–water partition coefficient (Wildman–Crippen LogP) is 6.32. The summed E-state index contributed by atoms with van der Waals surface area (Å²) >= 11 is 3.00. The van der Waals surface area contributed by atoms with Crippen LogP contribution in [-0.4, -0.2) is 107 Å². The van der Waals surface area contributed by atoms with Gasteiger partial charge >= 0.3 is 0 Å². The van der Waals surface area contributed by atoms with Crippen LogP contribution in [0.5, 0.6) is 11.5 Å². The van der Waals surface area contributed by atoms with Crippen LogP contribution in [0.15, 0.2) is 50.2 Å². The number of amides is 4. The number of carbonyl (C=O) groups excluding carboxylic acids is 4. The van der Waals surface area contributed by atoms with Gasteiger partial charge in [-0.15, -0.1) is 11.8 Å². The molecule has 370 valence electrons. The fraction of sp³-hybridized carbons (Fsp3) is 0.521. The Morgan fingerprint density at radius 1 is 0.913 bits per heavy atom. The van der Waals surface area contributed by atoms with Gasteiger partial charge in [0, 0.05) is 99.4 Å². The Morgan fingerprint density at radius 2 is 1.65 bits per heavy atom. The first-order chi connectivity index (χ1) is 33.1. The third-order valence-corrected chi connectivity index (χ3v) is 14.5. The zero-order valence-electron chi connectivity index (χ0n) is 40.4. The molecule has 21 heteroatoms. The van der Waals surface area contributed by atoms with Crippen LogP contribution < -0.4 is 41.2 Å². The van der Waals surface area contributed by atoms with E-state index in [0.717, 1.165) is 34.8 Å². The summed E-state index contributed by atoms with van der Waals surface area (Å²) in [6.45, 7) is 10.8. The van der Waals surface area contributed by atoms with Crippen LogP contribution in [0, 0.1) is 18.8 Å². The minimum absolute atomic E-state index is 0.0387. The summed E-state index contributed by atoms with van der Waals surface area (Å²) in [5.74, 6) is 3.19. The molecule has 0 spiro atoms. The van der Waals surface area contributed by atoms with Crippen molar-refractivity contribution in [2.75, 3.05) is 69.0 Å². The highest BCUT2D eigenvalue weighted by atomic mass is 32.2. The number of hydrogen-bond acceptors (Lipinski definition) is 16. The van der Waals surface area contributed by atoms with Gasteiger partial charge in [0.1, 0.15) is 17.3 Å². The van der Waals surface area contributed by atoms with Gasteiger partial charge in [0.2, 0.25) is 29.6 Å². The molecule has 1 aromatic carbocycles. The topological polar surface area (TPSA) is 228 Å².